The van der Waals surface area contributed by atoms with Gasteiger partial charge in [0.05, 0.1) is 12.6 Å². The average molecular weight is 370 g/mol. The van der Waals surface area contributed by atoms with Crippen molar-refractivity contribution in [2.24, 2.45) is 9.98 Å². The Morgan fingerprint density at radius 2 is 2.00 bits per heavy atom. The molecule has 0 radical (unpaired) electrons. The zero-order valence-corrected chi connectivity index (χ0v) is 16.7. The molecule has 5 heteroatoms. The number of aliphatic hydroxyl groups excluding tert-OH is 1. The van der Waals surface area contributed by atoms with E-state index in [0.717, 1.165) is 39.7 Å². The lowest BCUT2D eigenvalue weighted by Crippen LogP contribution is -2.07. The van der Waals surface area contributed by atoms with Crippen LogP contribution in [-0.4, -0.2) is 17.5 Å². The molecule has 0 spiro atoms. The maximum atomic E-state index is 9.64. The second-order valence-electron chi connectivity index (χ2n) is 6.25. The van der Waals surface area contributed by atoms with Crippen LogP contribution >= 0.6 is 11.3 Å². The highest BCUT2D eigenvalue weighted by molar-refractivity contribution is 7.10. The van der Waals surface area contributed by atoms with Gasteiger partial charge in [0.15, 0.2) is 0 Å². The number of nitrogens with zero attached hydrogens (tertiary/aromatic N) is 2. The number of hydrogen-bond donors (Lipinski definition) is 2. The maximum Gasteiger partial charge on any atom is 0.134 e. The van der Waals surface area contributed by atoms with Gasteiger partial charge in [-0.1, -0.05) is 24.6 Å². The normalized spacial score (nSPS) is 14.0. The predicted octanol–water partition coefficient (Wildman–Crippen LogP) is 5.51. The van der Waals surface area contributed by atoms with E-state index in [2.05, 4.69) is 43.0 Å². The number of aliphatic hydroxyl groups is 1. The van der Waals surface area contributed by atoms with Gasteiger partial charge in [-0.05, 0) is 63.1 Å². The first-order valence-corrected chi connectivity index (χ1v) is 9.62. The molecule has 1 unspecified atom stereocenters. The van der Waals surface area contributed by atoms with Gasteiger partial charge in [-0.3, -0.25) is 4.99 Å². The molecule has 2 N–H and O–H groups in total. The molecule has 1 atom stereocenters. The van der Waals surface area contributed by atoms with Crippen molar-refractivity contribution in [3.05, 3.63) is 63.1 Å². The summed E-state index contributed by atoms with van der Waals surface area (Å²) in [5, 5.41) is 15.0. The molecule has 2 aromatic rings. The molecule has 4 nitrogen and oxygen atoms in total. The molecular formula is C21H27N3OS. The Bertz CT molecular complexity index is 801. The lowest BCUT2D eigenvalue weighted by atomic mass is 10.1. The number of anilines is 1. The summed E-state index contributed by atoms with van der Waals surface area (Å²) in [6.07, 6.45) is 0.373. The summed E-state index contributed by atoms with van der Waals surface area (Å²) in [4.78, 5) is 10.0. The van der Waals surface area contributed by atoms with Crippen LogP contribution < -0.4 is 5.32 Å². The Morgan fingerprint density at radius 1 is 1.31 bits per heavy atom. The first-order valence-electron chi connectivity index (χ1n) is 8.75. The molecule has 1 aromatic carbocycles. The zero-order chi connectivity index (χ0) is 19.1. The number of thiophene rings is 1. The van der Waals surface area contributed by atoms with E-state index >= 15 is 0 Å². The van der Waals surface area contributed by atoms with Crippen LogP contribution in [-0.2, 0) is 6.54 Å². The van der Waals surface area contributed by atoms with Crippen molar-refractivity contribution in [2.75, 3.05) is 5.32 Å². The highest BCUT2D eigenvalue weighted by Crippen LogP contribution is 2.22. The van der Waals surface area contributed by atoms with Crippen LogP contribution in [0.1, 0.15) is 49.3 Å². The van der Waals surface area contributed by atoms with Crippen molar-refractivity contribution in [3.63, 3.8) is 0 Å². The van der Waals surface area contributed by atoms with Crippen LogP contribution in [0.25, 0.3) is 0 Å². The summed E-state index contributed by atoms with van der Waals surface area (Å²) < 4.78 is 0. The van der Waals surface area contributed by atoms with Crippen molar-refractivity contribution in [1.29, 1.82) is 0 Å². The Balaban J connectivity index is 2.19. The third-order valence-corrected chi connectivity index (χ3v) is 5.12. The Kier molecular flexibility index (Phi) is 7.30. The van der Waals surface area contributed by atoms with E-state index in [1.807, 2.05) is 30.5 Å². The summed E-state index contributed by atoms with van der Waals surface area (Å²) in [5.41, 5.74) is 5.14. The van der Waals surface area contributed by atoms with Gasteiger partial charge in [-0.2, -0.15) is 0 Å². The summed E-state index contributed by atoms with van der Waals surface area (Å²) in [7, 11) is 0. The van der Waals surface area contributed by atoms with Crippen LogP contribution in [0.2, 0.25) is 0 Å². The highest BCUT2D eigenvalue weighted by atomic mass is 32.1. The maximum absolute atomic E-state index is 9.64. The second kappa shape index (κ2) is 9.46. The minimum atomic E-state index is -0.438. The minimum Gasteiger partial charge on any atom is -0.389 e. The first kappa shape index (κ1) is 20.1. The van der Waals surface area contributed by atoms with Gasteiger partial charge in [0.25, 0.3) is 0 Å². The van der Waals surface area contributed by atoms with Gasteiger partial charge < -0.3 is 10.4 Å². The predicted molar refractivity (Wildman–Crippen MR) is 113 cm³/mol. The van der Waals surface area contributed by atoms with Crippen molar-refractivity contribution in [1.82, 2.24) is 0 Å². The van der Waals surface area contributed by atoms with Gasteiger partial charge in [0.2, 0.25) is 0 Å². The lowest BCUT2D eigenvalue weighted by Gasteiger charge is -2.13. The van der Waals surface area contributed by atoms with Crippen molar-refractivity contribution in [2.45, 2.75) is 46.8 Å². The second-order valence-corrected chi connectivity index (χ2v) is 7.25. The number of allylic oxidation sites excluding steroid dienone is 1. The fraction of sp³-hybridized carbons (Fsp3) is 0.333. The summed E-state index contributed by atoms with van der Waals surface area (Å²) in [6.45, 7) is 12.2. The SMILES string of the molecule is C=N/C(Nc1ccc(C)cc1)=C(/CC)C(C)=NCc1cc(C(C)O)cs1. The number of aryl methyl sites for hydroxylation is 1. The molecule has 0 aliphatic heterocycles. The van der Waals surface area contributed by atoms with Crippen LogP contribution in [0, 0.1) is 6.92 Å². The molecule has 0 fully saturated rings. The number of rotatable bonds is 8. The van der Waals surface area contributed by atoms with E-state index in [9.17, 15) is 5.11 Å². The number of benzene rings is 1. The topological polar surface area (TPSA) is 57.0 Å². The Labute approximate surface area is 160 Å². The molecule has 2 rings (SSSR count). The molecule has 0 amide bonds. The summed E-state index contributed by atoms with van der Waals surface area (Å²) in [5.74, 6) is 0.744. The summed E-state index contributed by atoms with van der Waals surface area (Å²) >= 11 is 1.62. The number of aliphatic imine (C=N–C) groups is 2. The van der Waals surface area contributed by atoms with Crippen LogP contribution in [0.3, 0.4) is 0 Å². The molecule has 138 valence electrons. The van der Waals surface area contributed by atoms with E-state index in [1.54, 1.807) is 18.3 Å². The van der Waals surface area contributed by atoms with E-state index in [-0.39, 0.29) is 0 Å². The van der Waals surface area contributed by atoms with E-state index < -0.39 is 6.10 Å². The quantitative estimate of drug-likeness (QED) is 0.603. The Hall–Kier alpha value is -2.24. The molecule has 1 aromatic heterocycles. The Morgan fingerprint density at radius 3 is 2.54 bits per heavy atom. The van der Waals surface area contributed by atoms with Crippen LogP contribution in [0.4, 0.5) is 5.69 Å². The number of hydrogen-bond acceptors (Lipinski definition) is 5. The minimum absolute atomic E-state index is 0.438. The van der Waals surface area contributed by atoms with Crippen LogP contribution in [0.5, 0.6) is 0 Å². The van der Waals surface area contributed by atoms with Gasteiger partial charge in [-0.25, -0.2) is 4.99 Å². The van der Waals surface area contributed by atoms with Crippen molar-refractivity contribution >= 4 is 29.5 Å². The van der Waals surface area contributed by atoms with E-state index in [0.29, 0.717) is 6.54 Å². The molecular weight excluding hydrogens is 342 g/mol. The third kappa shape index (κ3) is 5.38. The van der Waals surface area contributed by atoms with Gasteiger partial charge >= 0.3 is 0 Å². The molecule has 0 saturated carbocycles. The standard InChI is InChI=1S/C21H27N3OS/c1-6-20(21(22-5)24-18-9-7-14(2)8-10-18)15(3)23-12-19-11-17(13-26-19)16(4)25/h7-11,13,16,24-25H,5-6,12H2,1-4H3/b21-20+,23-15?. The van der Waals surface area contributed by atoms with Gasteiger partial charge in [-0.15, -0.1) is 11.3 Å². The van der Waals surface area contributed by atoms with Crippen LogP contribution in [0.15, 0.2) is 57.1 Å². The average Bonchev–Trinajstić information content (AvgIpc) is 3.10. The fourth-order valence-corrected chi connectivity index (χ4v) is 3.47. The van der Waals surface area contributed by atoms with Crippen molar-refractivity contribution < 1.29 is 5.11 Å². The molecule has 0 saturated heterocycles. The van der Waals surface area contributed by atoms with Gasteiger partial charge in [0.1, 0.15) is 5.82 Å². The molecule has 26 heavy (non-hydrogen) atoms. The smallest absolute Gasteiger partial charge is 0.134 e. The summed E-state index contributed by atoms with van der Waals surface area (Å²) in [6, 6.07) is 10.2. The molecule has 0 aliphatic rings. The zero-order valence-electron chi connectivity index (χ0n) is 15.9. The fourth-order valence-electron chi connectivity index (χ4n) is 2.57. The van der Waals surface area contributed by atoms with Gasteiger partial charge in [0, 0.05) is 21.8 Å². The highest BCUT2D eigenvalue weighted by Gasteiger charge is 2.09. The number of nitrogens with one attached hydrogen (secondary N) is 1. The van der Waals surface area contributed by atoms with Crippen molar-refractivity contribution in [3.8, 4) is 0 Å². The van der Waals surface area contributed by atoms with E-state index in [4.69, 9.17) is 4.99 Å². The largest absolute Gasteiger partial charge is 0.389 e. The first-order chi connectivity index (χ1) is 12.4. The molecule has 0 aliphatic carbocycles. The lowest BCUT2D eigenvalue weighted by molar-refractivity contribution is 0.200. The monoisotopic (exact) mass is 369 g/mol. The molecule has 1 heterocycles. The van der Waals surface area contributed by atoms with E-state index in [1.165, 1.54) is 5.56 Å². The third-order valence-electron chi connectivity index (χ3n) is 4.18. The molecule has 0 bridgehead atoms.